The van der Waals surface area contributed by atoms with Gasteiger partial charge in [0.05, 0.1) is 17.4 Å². The van der Waals surface area contributed by atoms with E-state index in [4.69, 9.17) is 4.98 Å². The summed E-state index contributed by atoms with van der Waals surface area (Å²) in [6, 6.07) is 23.0. The Kier molecular flexibility index (Phi) is 7.07. The van der Waals surface area contributed by atoms with Gasteiger partial charge in [-0.15, -0.1) is 0 Å². The fourth-order valence-corrected chi connectivity index (χ4v) is 4.00. The average Bonchev–Trinajstić information content (AvgIpc) is 2.87. The molecule has 174 valence electrons. The number of amides is 1. The Morgan fingerprint density at radius 2 is 1.65 bits per heavy atom. The zero-order valence-electron chi connectivity index (χ0n) is 19.9. The number of rotatable bonds is 8. The first kappa shape index (κ1) is 23.2. The standard InChI is InChI=1S/C28H30N4O2/c1-4-31(5-2)28-30-25-17-23(26(33)29-18-21-9-7-6-8-10-21)15-16-24(25)27(34)32(28)19-22-13-11-20(3)12-14-22/h6-17H,4-5,18-19H2,1-3H3,(H,29,33). The highest BCUT2D eigenvalue weighted by Gasteiger charge is 2.17. The number of carbonyl (C=O) groups is 1. The van der Waals surface area contributed by atoms with Crippen LogP contribution in [-0.4, -0.2) is 28.5 Å². The van der Waals surface area contributed by atoms with Gasteiger partial charge in [-0.05, 0) is 50.1 Å². The summed E-state index contributed by atoms with van der Waals surface area (Å²) in [6.45, 7) is 8.45. The highest BCUT2D eigenvalue weighted by molar-refractivity contribution is 5.97. The number of benzene rings is 3. The molecule has 1 N–H and O–H groups in total. The molecule has 0 atom stereocenters. The molecule has 0 aliphatic heterocycles. The van der Waals surface area contributed by atoms with Gasteiger partial charge in [-0.1, -0.05) is 60.2 Å². The van der Waals surface area contributed by atoms with Crippen molar-refractivity contribution in [3.63, 3.8) is 0 Å². The van der Waals surface area contributed by atoms with Crippen LogP contribution in [0.2, 0.25) is 0 Å². The van der Waals surface area contributed by atoms with Gasteiger partial charge in [-0.25, -0.2) is 4.98 Å². The number of carbonyl (C=O) groups excluding carboxylic acids is 1. The predicted octanol–water partition coefficient (Wildman–Crippen LogP) is 4.53. The van der Waals surface area contributed by atoms with Crippen molar-refractivity contribution in [3.05, 3.63) is 105 Å². The maximum atomic E-state index is 13.5. The first-order valence-corrected chi connectivity index (χ1v) is 11.7. The number of hydrogen-bond donors (Lipinski definition) is 1. The molecule has 0 aliphatic rings. The van der Waals surface area contributed by atoms with Gasteiger partial charge < -0.3 is 10.2 Å². The van der Waals surface area contributed by atoms with Crippen molar-refractivity contribution < 1.29 is 4.79 Å². The van der Waals surface area contributed by atoms with Crippen LogP contribution >= 0.6 is 0 Å². The summed E-state index contributed by atoms with van der Waals surface area (Å²) in [5, 5.41) is 3.44. The van der Waals surface area contributed by atoms with E-state index in [0.717, 1.165) is 24.2 Å². The Hall–Kier alpha value is -3.93. The molecular weight excluding hydrogens is 424 g/mol. The van der Waals surface area contributed by atoms with Crippen LogP contribution in [0.5, 0.6) is 0 Å². The molecule has 0 radical (unpaired) electrons. The van der Waals surface area contributed by atoms with Gasteiger partial charge in [0.25, 0.3) is 11.5 Å². The first-order chi connectivity index (χ1) is 16.5. The molecule has 0 saturated carbocycles. The summed E-state index contributed by atoms with van der Waals surface area (Å²) < 4.78 is 1.73. The third-order valence-corrected chi connectivity index (χ3v) is 6.00. The van der Waals surface area contributed by atoms with Crippen molar-refractivity contribution in [2.75, 3.05) is 18.0 Å². The minimum atomic E-state index is -0.194. The van der Waals surface area contributed by atoms with Gasteiger partial charge in [0, 0.05) is 25.2 Å². The molecule has 0 bridgehead atoms. The number of aromatic nitrogens is 2. The smallest absolute Gasteiger partial charge is 0.263 e. The molecule has 0 saturated heterocycles. The molecule has 1 amide bonds. The Morgan fingerprint density at radius 3 is 2.32 bits per heavy atom. The fraction of sp³-hybridized carbons (Fsp3) is 0.250. The minimum absolute atomic E-state index is 0.108. The van der Waals surface area contributed by atoms with Crippen LogP contribution in [0.25, 0.3) is 10.9 Å². The van der Waals surface area contributed by atoms with E-state index in [2.05, 4.69) is 10.2 Å². The Labute approximate surface area is 199 Å². The zero-order valence-corrected chi connectivity index (χ0v) is 19.9. The van der Waals surface area contributed by atoms with Crippen LogP contribution in [0.4, 0.5) is 5.95 Å². The molecule has 0 spiro atoms. The van der Waals surface area contributed by atoms with Crippen LogP contribution < -0.4 is 15.8 Å². The maximum Gasteiger partial charge on any atom is 0.263 e. The van der Waals surface area contributed by atoms with E-state index in [0.29, 0.717) is 35.5 Å². The lowest BCUT2D eigenvalue weighted by Gasteiger charge is -2.24. The van der Waals surface area contributed by atoms with E-state index in [1.807, 2.05) is 75.4 Å². The molecule has 4 aromatic rings. The minimum Gasteiger partial charge on any atom is -0.348 e. The van der Waals surface area contributed by atoms with Crippen molar-refractivity contribution in [2.24, 2.45) is 0 Å². The molecule has 1 aromatic heterocycles. The SMILES string of the molecule is CCN(CC)c1nc2cc(C(=O)NCc3ccccc3)ccc2c(=O)n1Cc1ccc(C)cc1. The van der Waals surface area contributed by atoms with E-state index in [1.165, 1.54) is 5.56 Å². The summed E-state index contributed by atoms with van der Waals surface area (Å²) in [6.07, 6.45) is 0. The number of fused-ring (bicyclic) bond motifs is 1. The molecule has 3 aromatic carbocycles. The van der Waals surface area contributed by atoms with E-state index in [1.54, 1.807) is 22.8 Å². The molecule has 0 aliphatic carbocycles. The fourth-order valence-electron chi connectivity index (χ4n) is 4.00. The van der Waals surface area contributed by atoms with E-state index >= 15 is 0 Å². The van der Waals surface area contributed by atoms with E-state index in [9.17, 15) is 9.59 Å². The number of nitrogens with one attached hydrogen (secondary N) is 1. The summed E-state index contributed by atoms with van der Waals surface area (Å²) in [7, 11) is 0. The molecule has 0 fully saturated rings. The highest BCUT2D eigenvalue weighted by Crippen LogP contribution is 2.18. The molecule has 34 heavy (non-hydrogen) atoms. The topological polar surface area (TPSA) is 67.2 Å². The van der Waals surface area contributed by atoms with Crippen molar-refractivity contribution in [1.29, 1.82) is 0 Å². The lowest BCUT2D eigenvalue weighted by molar-refractivity contribution is 0.0951. The third-order valence-electron chi connectivity index (χ3n) is 6.00. The molecule has 6 nitrogen and oxygen atoms in total. The lowest BCUT2D eigenvalue weighted by atomic mass is 10.1. The van der Waals surface area contributed by atoms with Gasteiger partial charge >= 0.3 is 0 Å². The second-order valence-corrected chi connectivity index (χ2v) is 8.36. The molecular formula is C28H30N4O2. The van der Waals surface area contributed by atoms with Gasteiger partial charge in [0.2, 0.25) is 5.95 Å². The zero-order chi connectivity index (χ0) is 24.1. The molecule has 6 heteroatoms. The van der Waals surface area contributed by atoms with Crippen LogP contribution in [-0.2, 0) is 13.1 Å². The van der Waals surface area contributed by atoms with Crippen LogP contribution in [0.3, 0.4) is 0 Å². The largest absolute Gasteiger partial charge is 0.348 e. The van der Waals surface area contributed by atoms with Gasteiger partial charge in [0.1, 0.15) is 0 Å². The van der Waals surface area contributed by atoms with E-state index < -0.39 is 0 Å². The van der Waals surface area contributed by atoms with E-state index in [-0.39, 0.29) is 11.5 Å². The third kappa shape index (κ3) is 5.01. The van der Waals surface area contributed by atoms with Crippen LogP contribution in [0, 0.1) is 6.92 Å². The van der Waals surface area contributed by atoms with Crippen LogP contribution in [0.1, 0.15) is 40.9 Å². The Bertz CT molecular complexity index is 1340. The second-order valence-electron chi connectivity index (χ2n) is 8.36. The summed E-state index contributed by atoms with van der Waals surface area (Å²) in [4.78, 5) is 33.3. The van der Waals surface area contributed by atoms with Crippen molar-refractivity contribution in [3.8, 4) is 0 Å². The normalized spacial score (nSPS) is 10.9. The average molecular weight is 455 g/mol. The first-order valence-electron chi connectivity index (χ1n) is 11.7. The van der Waals surface area contributed by atoms with Crippen LogP contribution in [0.15, 0.2) is 77.6 Å². The highest BCUT2D eigenvalue weighted by atomic mass is 16.1. The van der Waals surface area contributed by atoms with Crippen molar-refractivity contribution in [1.82, 2.24) is 14.9 Å². The maximum absolute atomic E-state index is 13.5. The molecule has 0 unspecified atom stereocenters. The monoisotopic (exact) mass is 454 g/mol. The number of hydrogen-bond acceptors (Lipinski definition) is 4. The summed E-state index contributed by atoms with van der Waals surface area (Å²) in [5.74, 6) is 0.422. The van der Waals surface area contributed by atoms with Crippen molar-refractivity contribution in [2.45, 2.75) is 33.9 Å². The van der Waals surface area contributed by atoms with Crippen molar-refractivity contribution >= 4 is 22.8 Å². The summed E-state index contributed by atoms with van der Waals surface area (Å²) >= 11 is 0. The number of nitrogens with zero attached hydrogens (tertiary/aromatic N) is 3. The quantitative estimate of drug-likeness (QED) is 0.425. The number of aryl methyl sites for hydroxylation is 1. The summed E-state index contributed by atoms with van der Waals surface area (Å²) in [5.41, 5.74) is 4.15. The molecule has 1 heterocycles. The predicted molar refractivity (Wildman–Crippen MR) is 137 cm³/mol. The lowest BCUT2D eigenvalue weighted by Crippen LogP contribution is -2.33. The van der Waals surface area contributed by atoms with Gasteiger partial charge in [-0.3, -0.25) is 14.2 Å². The number of anilines is 1. The van der Waals surface area contributed by atoms with Gasteiger partial charge in [-0.2, -0.15) is 0 Å². The Balaban J connectivity index is 1.71. The molecule has 4 rings (SSSR count). The second kappa shape index (κ2) is 10.3. The van der Waals surface area contributed by atoms with Gasteiger partial charge in [0.15, 0.2) is 0 Å². The Morgan fingerprint density at radius 1 is 0.941 bits per heavy atom.